The van der Waals surface area contributed by atoms with Crippen molar-refractivity contribution in [3.8, 4) is 22.4 Å². The zero-order chi connectivity index (χ0) is 23.1. The summed E-state index contributed by atoms with van der Waals surface area (Å²) in [6.07, 6.45) is 9.15. The largest absolute Gasteiger partial charge is 0.398 e. The monoisotopic (exact) mass is 473 g/mol. The third-order valence-electron chi connectivity index (χ3n) is 5.72. The lowest BCUT2D eigenvalue weighted by atomic mass is 10.0. The molecule has 0 saturated heterocycles. The van der Waals surface area contributed by atoms with Gasteiger partial charge in [0.2, 0.25) is 0 Å². The number of nitrogens with zero attached hydrogens (tertiary/aromatic N) is 6. The maximum atomic E-state index is 14.6. The number of halogens is 4. The number of nitrogen functional groups attached to an aromatic ring is 1. The summed E-state index contributed by atoms with van der Waals surface area (Å²) in [5.41, 5.74) is 8.60. The smallest absolute Gasteiger partial charge is 0.334 e. The molecular weight excluding hydrogens is 455 g/mol. The first-order valence-corrected chi connectivity index (χ1v) is 10.7. The fourth-order valence-corrected chi connectivity index (χ4v) is 3.95. The Labute approximate surface area is 192 Å². The Balaban J connectivity index is 1.45. The van der Waals surface area contributed by atoms with Gasteiger partial charge in [0.05, 0.1) is 29.2 Å². The molecule has 170 valence electrons. The summed E-state index contributed by atoms with van der Waals surface area (Å²) in [4.78, 5) is 4.58. The maximum Gasteiger partial charge on any atom is 0.334 e. The second kappa shape index (κ2) is 8.51. The zero-order valence-corrected chi connectivity index (χ0v) is 18.0. The number of alkyl halides is 2. The Hall–Kier alpha value is -3.40. The molecule has 4 aromatic rings. The Bertz CT molecular complexity index is 1280. The predicted octanol–water partition coefficient (Wildman–Crippen LogP) is 5.36. The number of aromatic nitrogens is 6. The summed E-state index contributed by atoms with van der Waals surface area (Å²) in [6.45, 7) is -2.76. The van der Waals surface area contributed by atoms with Gasteiger partial charge < -0.3 is 5.73 Å². The zero-order valence-electron chi connectivity index (χ0n) is 17.2. The van der Waals surface area contributed by atoms with Crippen LogP contribution in [-0.4, -0.2) is 29.8 Å². The molecule has 0 radical (unpaired) electrons. The van der Waals surface area contributed by atoms with Gasteiger partial charge in [0.15, 0.2) is 5.82 Å². The first kappa shape index (κ1) is 21.4. The second-order valence-electron chi connectivity index (χ2n) is 8.06. The number of nitrogens with two attached hydrogens (primary N) is 1. The molecule has 1 atom stereocenters. The van der Waals surface area contributed by atoms with Crippen LogP contribution < -0.4 is 5.73 Å². The van der Waals surface area contributed by atoms with Crippen LogP contribution in [0.4, 0.5) is 18.9 Å². The van der Waals surface area contributed by atoms with E-state index in [2.05, 4.69) is 20.4 Å². The van der Waals surface area contributed by atoms with Crippen LogP contribution in [0.15, 0.2) is 49.1 Å². The summed E-state index contributed by atoms with van der Waals surface area (Å²) in [5, 5.41) is 11.7. The van der Waals surface area contributed by atoms with Gasteiger partial charge in [-0.15, -0.1) is 5.10 Å². The van der Waals surface area contributed by atoms with Crippen LogP contribution in [0.2, 0.25) is 5.02 Å². The molecule has 3 aromatic heterocycles. The Morgan fingerprint density at radius 2 is 1.88 bits per heavy atom. The molecule has 0 aliphatic heterocycles. The van der Waals surface area contributed by atoms with Gasteiger partial charge in [-0.25, -0.2) is 4.39 Å². The van der Waals surface area contributed by atoms with Crippen molar-refractivity contribution in [2.24, 2.45) is 5.92 Å². The highest BCUT2D eigenvalue weighted by Crippen LogP contribution is 2.40. The first-order chi connectivity index (χ1) is 15.9. The van der Waals surface area contributed by atoms with Crippen LogP contribution in [0.25, 0.3) is 22.4 Å². The highest BCUT2D eigenvalue weighted by molar-refractivity contribution is 6.31. The Morgan fingerprint density at radius 3 is 2.55 bits per heavy atom. The Kier molecular flexibility index (Phi) is 5.53. The summed E-state index contributed by atoms with van der Waals surface area (Å²) >= 11 is 5.92. The van der Waals surface area contributed by atoms with Crippen molar-refractivity contribution in [2.75, 3.05) is 5.73 Å². The molecule has 1 aromatic carbocycles. The number of hydrogen-bond donors (Lipinski definition) is 1. The molecule has 1 aliphatic carbocycles. The molecule has 33 heavy (non-hydrogen) atoms. The van der Waals surface area contributed by atoms with Crippen LogP contribution in [0.5, 0.6) is 0 Å². The van der Waals surface area contributed by atoms with E-state index in [1.807, 2.05) is 6.07 Å². The molecule has 1 saturated carbocycles. The quantitative estimate of drug-likeness (QED) is 0.365. The molecule has 3 heterocycles. The average Bonchev–Trinajstić information content (AvgIpc) is 3.27. The molecule has 1 fully saturated rings. The lowest BCUT2D eigenvalue weighted by Crippen LogP contribution is -2.13. The van der Waals surface area contributed by atoms with Crippen LogP contribution in [0.1, 0.15) is 37.5 Å². The van der Waals surface area contributed by atoms with Gasteiger partial charge >= 0.3 is 6.55 Å². The van der Waals surface area contributed by atoms with E-state index in [-0.39, 0.29) is 22.3 Å². The number of pyridine rings is 1. The lowest BCUT2D eigenvalue weighted by Gasteiger charge is -2.18. The average molecular weight is 474 g/mol. The molecule has 1 unspecified atom stereocenters. The van der Waals surface area contributed by atoms with Gasteiger partial charge in [0.1, 0.15) is 5.69 Å². The molecule has 11 heteroatoms. The summed E-state index contributed by atoms with van der Waals surface area (Å²) in [6, 6.07) is 6.37. The van der Waals surface area contributed by atoms with Gasteiger partial charge in [0, 0.05) is 34.8 Å². The molecule has 5 rings (SSSR count). The van der Waals surface area contributed by atoms with Gasteiger partial charge in [-0.3, -0.25) is 9.67 Å². The van der Waals surface area contributed by atoms with E-state index in [4.69, 9.17) is 17.3 Å². The lowest BCUT2D eigenvalue weighted by molar-refractivity contribution is 0.0546. The molecular formula is C22H19ClF3N7. The van der Waals surface area contributed by atoms with Crippen molar-refractivity contribution < 1.29 is 13.2 Å². The van der Waals surface area contributed by atoms with E-state index in [1.165, 1.54) is 12.3 Å². The van der Waals surface area contributed by atoms with Gasteiger partial charge in [-0.1, -0.05) is 35.7 Å². The second-order valence-corrected chi connectivity index (χ2v) is 8.47. The minimum atomic E-state index is -2.76. The normalized spacial score (nSPS) is 14.7. The summed E-state index contributed by atoms with van der Waals surface area (Å²) < 4.78 is 42.4. The van der Waals surface area contributed by atoms with Crippen molar-refractivity contribution in [3.05, 3.63) is 65.6 Å². The SMILES string of the molecule is Nc1ccc(Cl)c(F)c1-c1ccc(C(CC2CC2)n2cc(-c3cn(C(F)F)nn3)cn2)nc1. The molecule has 0 bridgehead atoms. The third kappa shape index (κ3) is 4.30. The number of hydrogen-bond acceptors (Lipinski definition) is 5. The maximum absolute atomic E-state index is 14.6. The number of benzene rings is 1. The fraction of sp³-hybridized carbons (Fsp3) is 0.273. The van der Waals surface area contributed by atoms with Crippen LogP contribution >= 0.6 is 11.6 Å². The molecule has 7 nitrogen and oxygen atoms in total. The van der Waals surface area contributed by atoms with E-state index in [0.717, 1.165) is 25.0 Å². The van der Waals surface area contributed by atoms with Crippen LogP contribution in [0.3, 0.4) is 0 Å². The van der Waals surface area contributed by atoms with Crippen molar-refractivity contribution in [1.29, 1.82) is 0 Å². The van der Waals surface area contributed by atoms with E-state index in [1.54, 1.807) is 35.4 Å². The van der Waals surface area contributed by atoms with Crippen LogP contribution in [-0.2, 0) is 0 Å². The van der Waals surface area contributed by atoms with Crippen molar-refractivity contribution >= 4 is 17.3 Å². The summed E-state index contributed by atoms with van der Waals surface area (Å²) in [7, 11) is 0. The summed E-state index contributed by atoms with van der Waals surface area (Å²) in [5.74, 6) is -0.0286. The minimum Gasteiger partial charge on any atom is -0.398 e. The van der Waals surface area contributed by atoms with Crippen LogP contribution in [0, 0.1) is 11.7 Å². The fourth-order valence-electron chi connectivity index (χ4n) is 3.79. The first-order valence-electron chi connectivity index (χ1n) is 10.3. The van der Waals surface area contributed by atoms with Crippen molar-refractivity contribution in [1.82, 2.24) is 29.8 Å². The standard InChI is InChI=1S/C22H19ClF3N7/c23-15-4-5-16(27)20(21(15)24)13-3-6-17(28-8-13)19(7-12-1-2-12)32-10-14(9-29-32)18-11-33(22(25)26)31-30-18/h3-6,8-12,19,22H,1-2,7,27H2. The van der Waals surface area contributed by atoms with Gasteiger partial charge in [-0.2, -0.15) is 18.6 Å². The molecule has 2 N–H and O–H groups in total. The van der Waals surface area contributed by atoms with E-state index in [0.29, 0.717) is 27.4 Å². The predicted molar refractivity (Wildman–Crippen MR) is 117 cm³/mol. The highest BCUT2D eigenvalue weighted by Gasteiger charge is 2.29. The number of anilines is 1. The minimum absolute atomic E-state index is 0.0114. The van der Waals surface area contributed by atoms with E-state index in [9.17, 15) is 13.2 Å². The molecule has 0 spiro atoms. The topological polar surface area (TPSA) is 87.4 Å². The molecule has 0 amide bonds. The molecule has 1 aliphatic rings. The van der Waals surface area contributed by atoms with Crippen molar-refractivity contribution in [2.45, 2.75) is 31.9 Å². The third-order valence-corrected chi connectivity index (χ3v) is 6.02. The van der Waals surface area contributed by atoms with E-state index < -0.39 is 12.4 Å². The van der Waals surface area contributed by atoms with Gasteiger partial charge in [0.25, 0.3) is 0 Å². The van der Waals surface area contributed by atoms with E-state index >= 15 is 0 Å². The van der Waals surface area contributed by atoms with Gasteiger partial charge in [-0.05, 0) is 30.5 Å². The number of rotatable bonds is 7. The Morgan fingerprint density at radius 1 is 1.06 bits per heavy atom. The van der Waals surface area contributed by atoms with Crippen molar-refractivity contribution in [3.63, 3.8) is 0 Å². The highest BCUT2D eigenvalue weighted by atomic mass is 35.5.